The van der Waals surface area contributed by atoms with Crippen LogP contribution in [0.5, 0.6) is 0 Å². The molecule has 0 aromatic carbocycles. The van der Waals surface area contributed by atoms with Gasteiger partial charge in [0.2, 0.25) is 0 Å². The molecule has 3 aliphatic rings. The first-order chi connectivity index (χ1) is 10.3. The van der Waals surface area contributed by atoms with Crippen LogP contribution in [0.15, 0.2) is 11.6 Å². The summed E-state index contributed by atoms with van der Waals surface area (Å²) in [5.74, 6) is 1.19. The van der Waals surface area contributed by atoms with Crippen molar-refractivity contribution in [3.8, 4) is 0 Å². The number of esters is 1. The Hall–Kier alpha value is -1.12. The van der Waals surface area contributed by atoms with Gasteiger partial charge in [0.1, 0.15) is 0 Å². The minimum absolute atomic E-state index is 0.0140. The molecule has 0 heterocycles. The van der Waals surface area contributed by atoms with Gasteiger partial charge < -0.3 is 4.74 Å². The third-order valence-corrected chi connectivity index (χ3v) is 6.91. The van der Waals surface area contributed by atoms with Crippen LogP contribution < -0.4 is 0 Å². The standard InChI is InChI=1S/C19H28O3/c1-12-10-13-6-7-16-18(2,14(13)11-15(12)20)8-5-9-19(16,3)17(21)22-4/h11-13,16H,5-10H2,1-4H3/t12-,13+,16-,18-,19+/m0/s1. The molecule has 2 fully saturated rings. The van der Waals surface area contributed by atoms with Gasteiger partial charge in [0.25, 0.3) is 0 Å². The van der Waals surface area contributed by atoms with Gasteiger partial charge in [0, 0.05) is 5.92 Å². The molecule has 0 spiro atoms. The van der Waals surface area contributed by atoms with Gasteiger partial charge in [-0.2, -0.15) is 0 Å². The van der Waals surface area contributed by atoms with E-state index in [2.05, 4.69) is 13.8 Å². The van der Waals surface area contributed by atoms with Crippen LogP contribution in [0.1, 0.15) is 59.3 Å². The summed E-state index contributed by atoms with van der Waals surface area (Å²) in [6.07, 6.45) is 8.14. The SMILES string of the molecule is COC(=O)[C@]1(C)CCC[C@@]2(C)C3=CC(=O)[C@@H](C)C[C@H]3CC[C@H]12. The maximum absolute atomic E-state index is 12.5. The molecule has 0 aromatic rings. The fourth-order valence-corrected chi connectivity index (χ4v) is 5.69. The van der Waals surface area contributed by atoms with Crippen molar-refractivity contribution in [1.82, 2.24) is 0 Å². The Labute approximate surface area is 133 Å². The number of carbonyl (C=O) groups is 2. The van der Waals surface area contributed by atoms with Crippen molar-refractivity contribution in [3.63, 3.8) is 0 Å². The molecule has 3 rings (SSSR count). The zero-order valence-electron chi connectivity index (χ0n) is 14.3. The first-order valence-electron chi connectivity index (χ1n) is 8.67. The third-order valence-electron chi connectivity index (χ3n) is 6.91. The number of ketones is 1. The molecular weight excluding hydrogens is 276 g/mol. The van der Waals surface area contributed by atoms with E-state index >= 15 is 0 Å². The highest BCUT2D eigenvalue weighted by Gasteiger charge is 2.57. The molecule has 0 bridgehead atoms. The predicted molar refractivity (Wildman–Crippen MR) is 85.2 cm³/mol. The van der Waals surface area contributed by atoms with Crippen molar-refractivity contribution in [2.75, 3.05) is 7.11 Å². The molecule has 3 heteroatoms. The van der Waals surface area contributed by atoms with Crippen LogP contribution in [0.25, 0.3) is 0 Å². The van der Waals surface area contributed by atoms with Crippen LogP contribution >= 0.6 is 0 Å². The Balaban J connectivity index is 2.03. The average Bonchev–Trinajstić information content (AvgIpc) is 2.48. The molecule has 22 heavy (non-hydrogen) atoms. The van der Waals surface area contributed by atoms with Gasteiger partial charge in [-0.3, -0.25) is 9.59 Å². The first-order valence-corrected chi connectivity index (χ1v) is 8.67. The Morgan fingerprint density at radius 3 is 2.68 bits per heavy atom. The molecule has 0 saturated heterocycles. The van der Waals surface area contributed by atoms with Gasteiger partial charge in [-0.15, -0.1) is 0 Å². The van der Waals surface area contributed by atoms with Gasteiger partial charge in [-0.1, -0.05) is 25.8 Å². The van der Waals surface area contributed by atoms with Crippen molar-refractivity contribution in [2.24, 2.45) is 28.6 Å². The lowest BCUT2D eigenvalue weighted by Gasteiger charge is -2.57. The second-order valence-corrected chi connectivity index (χ2v) is 8.15. The zero-order chi connectivity index (χ0) is 16.1. The smallest absolute Gasteiger partial charge is 0.311 e. The molecule has 2 saturated carbocycles. The maximum atomic E-state index is 12.5. The lowest BCUT2D eigenvalue weighted by Crippen LogP contribution is -2.53. The molecule has 5 atom stereocenters. The van der Waals surface area contributed by atoms with Crippen LogP contribution in [0.2, 0.25) is 0 Å². The van der Waals surface area contributed by atoms with Gasteiger partial charge >= 0.3 is 5.97 Å². The average molecular weight is 304 g/mol. The number of ether oxygens (including phenoxy) is 1. The molecule has 0 aromatic heterocycles. The van der Waals surface area contributed by atoms with Gasteiger partial charge in [0.05, 0.1) is 12.5 Å². The number of hydrogen-bond acceptors (Lipinski definition) is 3. The number of allylic oxidation sites excluding steroid dienone is 2. The Morgan fingerprint density at radius 1 is 1.27 bits per heavy atom. The lowest BCUT2D eigenvalue weighted by atomic mass is 9.46. The summed E-state index contributed by atoms with van der Waals surface area (Å²) in [7, 11) is 1.50. The van der Waals surface area contributed by atoms with E-state index in [9.17, 15) is 9.59 Å². The number of rotatable bonds is 1. The first kappa shape index (κ1) is 15.8. The number of methoxy groups -OCH3 is 1. The van der Waals surface area contributed by atoms with E-state index in [-0.39, 0.29) is 23.1 Å². The van der Waals surface area contributed by atoms with E-state index in [0.29, 0.717) is 11.8 Å². The lowest BCUT2D eigenvalue weighted by molar-refractivity contribution is -0.164. The van der Waals surface area contributed by atoms with Gasteiger partial charge in [-0.05, 0) is 62.4 Å². The van der Waals surface area contributed by atoms with Gasteiger partial charge in [0.15, 0.2) is 5.78 Å². The van der Waals surface area contributed by atoms with Crippen LogP contribution in [0, 0.1) is 28.6 Å². The summed E-state index contributed by atoms with van der Waals surface area (Å²) in [6.45, 7) is 6.41. The van der Waals surface area contributed by atoms with E-state index in [1.807, 2.05) is 13.0 Å². The largest absolute Gasteiger partial charge is 0.469 e. The van der Waals surface area contributed by atoms with Crippen LogP contribution in [0.3, 0.4) is 0 Å². The van der Waals surface area contributed by atoms with E-state index in [0.717, 1.165) is 38.5 Å². The summed E-state index contributed by atoms with van der Waals surface area (Å²) in [5, 5.41) is 0. The minimum Gasteiger partial charge on any atom is -0.469 e. The summed E-state index contributed by atoms with van der Waals surface area (Å²) in [5.41, 5.74) is 0.918. The molecular formula is C19H28O3. The molecule has 0 N–H and O–H groups in total. The van der Waals surface area contributed by atoms with Crippen molar-refractivity contribution in [3.05, 3.63) is 11.6 Å². The number of hydrogen-bond donors (Lipinski definition) is 0. The van der Waals surface area contributed by atoms with Crippen LogP contribution in [0.4, 0.5) is 0 Å². The summed E-state index contributed by atoms with van der Waals surface area (Å²) < 4.78 is 5.14. The molecule has 3 nitrogen and oxygen atoms in total. The van der Waals surface area contributed by atoms with E-state index in [4.69, 9.17) is 4.74 Å². The predicted octanol–water partition coefficient (Wildman–Crippen LogP) is 3.92. The molecule has 0 amide bonds. The van der Waals surface area contributed by atoms with E-state index < -0.39 is 5.41 Å². The normalized spacial score (nSPS) is 44.6. The Bertz CT molecular complexity index is 535. The van der Waals surface area contributed by atoms with Crippen molar-refractivity contribution < 1.29 is 14.3 Å². The molecule has 0 unspecified atom stereocenters. The monoisotopic (exact) mass is 304 g/mol. The zero-order valence-corrected chi connectivity index (χ0v) is 14.3. The van der Waals surface area contributed by atoms with Crippen molar-refractivity contribution in [1.29, 1.82) is 0 Å². The second kappa shape index (κ2) is 5.21. The highest BCUT2D eigenvalue weighted by Crippen LogP contribution is 2.62. The summed E-state index contributed by atoms with van der Waals surface area (Å²) in [4.78, 5) is 24.7. The topological polar surface area (TPSA) is 43.4 Å². The molecule has 122 valence electrons. The number of carbonyl (C=O) groups excluding carboxylic acids is 2. The van der Waals surface area contributed by atoms with Crippen molar-refractivity contribution >= 4 is 11.8 Å². The van der Waals surface area contributed by atoms with Crippen LogP contribution in [-0.4, -0.2) is 18.9 Å². The Morgan fingerprint density at radius 2 is 2.00 bits per heavy atom. The molecule has 0 radical (unpaired) electrons. The van der Waals surface area contributed by atoms with Crippen LogP contribution in [-0.2, 0) is 14.3 Å². The van der Waals surface area contributed by atoms with E-state index in [1.54, 1.807) is 0 Å². The fourth-order valence-electron chi connectivity index (χ4n) is 5.69. The fraction of sp³-hybridized carbons (Fsp3) is 0.789. The van der Waals surface area contributed by atoms with Crippen molar-refractivity contribution in [2.45, 2.75) is 59.3 Å². The Kier molecular flexibility index (Phi) is 3.73. The minimum atomic E-state index is -0.403. The van der Waals surface area contributed by atoms with Gasteiger partial charge in [-0.25, -0.2) is 0 Å². The highest BCUT2D eigenvalue weighted by atomic mass is 16.5. The highest BCUT2D eigenvalue weighted by molar-refractivity contribution is 5.93. The quantitative estimate of drug-likeness (QED) is 0.690. The third kappa shape index (κ3) is 2.08. The maximum Gasteiger partial charge on any atom is 0.311 e. The summed E-state index contributed by atoms with van der Waals surface area (Å²) >= 11 is 0. The molecule has 3 aliphatic carbocycles. The number of fused-ring (bicyclic) bond motifs is 3. The summed E-state index contributed by atoms with van der Waals surface area (Å²) in [6, 6.07) is 0. The second-order valence-electron chi connectivity index (χ2n) is 8.15. The van der Waals surface area contributed by atoms with E-state index in [1.165, 1.54) is 12.7 Å². The molecule has 0 aliphatic heterocycles.